The highest BCUT2D eigenvalue weighted by Crippen LogP contribution is 2.20. The number of nitrogens with one attached hydrogen (secondary N) is 1. The molecule has 1 aromatic rings. The number of amides is 2. The van der Waals surface area contributed by atoms with E-state index in [1.54, 1.807) is 17.0 Å². The van der Waals surface area contributed by atoms with E-state index in [9.17, 15) is 14.4 Å². The highest BCUT2D eigenvalue weighted by molar-refractivity contribution is 7.12. The minimum Gasteiger partial charge on any atom is -0.481 e. The highest BCUT2D eigenvalue weighted by Gasteiger charge is 2.24. The van der Waals surface area contributed by atoms with Crippen molar-refractivity contribution in [2.45, 2.75) is 19.3 Å². The van der Waals surface area contributed by atoms with Crippen LogP contribution in [0.1, 0.15) is 28.9 Å². The molecule has 0 unspecified atom stereocenters. The lowest BCUT2D eigenvalue weighted by Crippen LogP contribution is -2.44. The molecule has 2 rings (SSSR count). The summed E-state index contributed by atoms with van der Waals surface area (Å²) in [7, 11) is 0. The molecule has 1 aliphatic heterocycles. The Morgan fingerprint density at radius 1 is 1.33 bits per heavy atom. The molecule has 1 aromatic heterocycles. The van der Waals surface area contributed by atoms with E-state index < -0.39 is 5.97 Å². The molecule has 1 saturated heterocycles. The third-order valence-electron chi connectivity index (χ3n) is 3.58. The summed E-state index contributed by atoms with van der Waals surface area (Å²) in [5, 5.41) is 13.2. The molecule has 0 bridgehead atoms. The molecule has 1 fully saturated rings. The lowest BCUT2D eigenvalue weighted by atomic mass is 9.93. The standard InChI is InChI=1S/C14H18N2O4S/c17-12(9-15-14(20)11-2-1-7-21-11)16-5-3-10(4-6-16)8-13(18)19/h1-2,7,10H,3-6,8-9H2,(H,15,20)(H,18,19). The second-order valence-corrected chi connectivity index (χ2v) is 6.03. The fourth-order valence-electron chi connectivity index (χ4n) is 2.40. The van der Waals surface area contributed by atoms with E-state index in [-0.39, 0.29) is 30.7 Å². The SMILES string of the molecule is O=C(O)CC1CCN(C(=O)CNC(=O)c2cccs2)CC1. The fourth-order valence-corrected chi connectivity index (χ4v) is 3.04. The molecule has 0 saturated carbocycles. The molecule has 2 N–H and O–H groups in total. The summed E-state index contributed by atoms with van der Waals surface area (Å²) in [6, 6.07) is 3.50. The number of aliphatic carboxylic acids is 1. The Labute approximate surface area is 126 Å². The first kappa shape index (κ1) is 15.5. The van der Waals surface area contributed by atoms with Gasteiger partial charge in [0.2, 0.25) is 5.91 Å². The zero-order valence-corrected chi connectivity index (χ0v) is 12.4. The topological polar surface area (TPSA) is 86.7 Å². The molecule has 6 nitrogen and oxygen atoms in total. The molecule has 0 radical (unpaired) electrons. The number of likely N-dealkylation sites (tertiary alicyclic amines) is 1. The second-order valence-electron chi connectivity index (χ2n) is 5.08. The average Bonchev–Trinajstić information content (AvgIpc) is 2.99. The highest BCUT2D eigenvalue weighted by atomic mass is 32.1. The number of carboxylic acids is 1. The Morgan fingerprint density at radius 3 is 2.62 bits per heavy atom. The van der Waals surface area contributed by atoms with Gasteiger partial charge in [0.15, 0.2) is 0 Å². The number of piperidine rings is 1. The van der Waals surface area contributed by atoms with Crippen molar-refractivity contribution >= 4 is 29.1 Å². The predicted octanol–water partition coefficient (Wildman–Crippen LogP) is 1.19. The van der Waals surface area contributed by atoms with Crippen LogP contribution in [-0.2, 0) is 9.59 Å². The number of rotatable bonds is 5. The van der Waals surface area contributed by atoms with Crippen molar-refractivity contribution in [3.8, 4) is 0 Å². The van der Waals surface area contributed by atoms with E-state index in [4.69, 9.17) is 5.11 Å². The van der Waals surface area contributed by atoms with Crippen LogP contribution in [0.4, 0.5) is 0 Å². The van der Waals surface area contributed by atoms with E-state index in [0.29, 0.717) is 30.8 Å². The number of carbonyl (C=O) groups excluding carboxylic acids is 2. The maximum absolute atomic E-state index is 12.0. The van der Waals surface area contributed by atoms with Crippen molar-refractivity contribution < 1.29 is 19.5 Å². The third kappa shape index (κ3) is 4.56. The lowest BCUT2D eigenvalue weighted by molar-refractivity contribution is -0.138. The molecule has 2 heterocycles. The van der Waals surface area contributed by atoms with E-state index >= 15 is 0 Å². The minimum absolute atomic E-state index is 0.0136. The molecule has 0 atom stereocenters. The normalized spacial score (nSPS) is 15.7. The van der Waals surface area contributed by atoms with Crippen LogP contribution >= 0.6 is 11.3 Å². The van der Waals surface area contributed by atoms with Gasteiger partial charge in [0, 0.05) is 19.5 Å². The van der Waals surface area contributed by atoms with E-state index in [2.05, 4.69) is 5.32 Å². The van der Waals surface area contributed by atoms with Crippen LogP contribution < -0.4 is 5.32 Å². The third-order valence-corrected chi connectivity index (χ3v) is 4.44. The van der Waals surface area contributed by atoms with Gasteiger partial charge in [0.05, 0.1) is 11.4 Å². The van der Waals surface area contributed by atoms with Gasteiger partial charge in [-0.05, 0) is 30.2 Å². The Morgan fingerprint density at radius 2 is 2.05 bits per heavy atom. The van der Waals surface area contributed by atoms with Gasteiger partial charge in [-0.25, -0.2) is 0 Å². The fraction of sp³-hybridized carbons (Fsp3) is 0.500. The first-order valence-corrected chi connectivity index (χ1v) is 7.75. The van der Waals surface area contributed by atoms with E-state index in [1.807, 2.05) is 5.38 Å². The van der Waals surface area contributed by atoms with Crippen molar-refractivity contribution in [3.63, 3.8) is 0 Å². The van der Waals surface area contributed by atoms with Crippen LogP contribution in [-0.4, -0.2) is 47.4 Å². The van der Waals surface area contributed by atoms with Gasteiger partial charge in [-0.2, -0.15) is 0 Å². The minimum atomic E-state index is -0.789. The monoisotopic (exact) mass is 310 g/mol. The average molecular weight is 310 g/mol. The zero-order chi connectivity index (χ0) is 15.2. The second kappa shape index (κ2) is 7.21. The number of carboxylic acid groups (broad SMARTS) is 1. The van der Waals surface area contributed by atoms with Crippen LogP contribution in [0, 0.1) is 5.92 Å². The number of carbonyl (C=O) groups is 3. The number of thiophene rings is 1. The number of nitrogens with zero attached hydrogens (tertiary/aromatic N) is 1. The summed E-state index contributed by atoms with van der Waals surface area (Å²) in [4.78, 5) is 36.6. The van der Waals surface area contributed by atoms with Crippen molar-refractivity contribution in [2.75, 3.05) is 19.6 Å². The number of hydrogen-bond acceptors (Lipinski definition) is 4. The summed E-state index contributed by atoms with van der Waals surface area (Å²) in [6.45, 7) is 1.11. The Kier molecular flexibility index (Phi) is 5.32. The van der Waals surface area contributed by atoms with Gasteiger partial charge in [0.25, 0.3) is 5.91 Å². The van der Waals surface area contributed by atoms with Crippen LogP contribution in [0.15, 0.2) is 17.5 Å². The summed E-state index contributed by atoms with van der Waals surface area (Å²) in [5.74, 6) is -0.997. The molecular formula is C14H18N2O4S. The zero-order valence-electron chi connectivity index (χ0n) is 11.6. The molecule has 0 spiro atoms. The molecule has 2 amide bonds. The van der Waals surface area contributed by atoms with Crippen molar-refractivity contribution in [1.82, 2.24) is 10.2 Å². The largest absolute Gasteiger partial charge is 0.481 e. The first-order chi connectivity index (χ1) is 10.1. The maximum Gasteiger partial charge on any atom is 0.303 e. The number of hydrogen-bond donors (Lipinski definition) is 2. The van der Waals surface area contributed by atoms with Crippen LogP contribution in [0.5, 0.6) is 0 Å². The lowest BCUT2D eigenvalue weighted by Gasteiger charge is -2.31. The van der Waals surface area contributed by atoms with Crippen LogP contribution in [0.3, 0.4) is 0 Å². The first-order valence-electron chi connectivity index (χ1n) is 6.87. The van der Waals surface area contributed by atoms with Gasteiger partial charge in [-0.15, -0.1) is 11.3 Å². The summed E-state index contributed by atoms with van der Waals surface area (Å²) in [6.07, 6.45) is 1.57. The molecule has 0 aliphatic carbocycles. The summed E-state index contributed by atoms with van der Waals surface area (Å²) < 4.78 is 0. The van der Waals surface area contributed by atoms with Crippen molar-refractivity contribution in [1.29, 1.82) is 0 Å². The van der Waals surface area contributed by atoms with Crippen LogP contribution in [0.25, 0.3) is 0 Å². The molecular weight excluding hydrogens is 292 g/mol. The molecule has 21 heavy (non-hydrogen) atoms. The Balaban J connectivity index is 1.72. The van der Waals surface area contributed by atoms with Crippen molar-refractivity contribution in [3.05, 3.63) is 22.4 Å². The summed E-state index contributed by atoms with van der Waals surface area (Å²) >= 11 is 1.33. The quantitative estimate of drug-likeness (QED) is 0.855. The maximum atomic E-state index is 12.0. The van der Waals surface area contributed by atoms with Crippen LogP contribution in [0.2, 0.25) is 0 Å². The molecule has 7 heteroatoms. The Hall–Kier alpha value is -1.89. The van der Waals surface area contributed by atoms with Gasteiger partial charge in [0.1, 0.15) is 0 Å². The summed E-state index contributed by atoms with van der Waals surface area (Å²) in [5.41, 5.74) is 0. The smallest absolute Gasteiger partial charge is 0.303 e. The van der Waals surface area contributed by atoms with Crippen molar-refractivity contribution in [2.24, 2.45) is 5.92 Å². The molecule has 0 aromatic carbocycles. The van der Waals surface area contributed by atoms with Gasteiger partial charge < -0.3 is 15.3 Å². The van der Waals surface area contributed by atoms with Gasteiger partial charge >= 0.3 is 5.97 Å². The predicted molar refractivity (Wildman–Crippen MR) is 78.2 cm³/mol. The van der Waals surface area contributed by atoms with Gasteiger partial charge in [-0.1, -0.05) is 6.07 Å². The van der Waals surface area contributed by atoms with E-state index in [1.165, 1.54) is 11.3 Å². The molecule has 114 valence electrons. The molecule has 1 aliphatic rings. The van der Waals surface area contributed by atoms with E-state index in [0.717, 1.165) is 0 Å². The Bertz CT molecular complexity index is 507. The van der Waals surface area contributed by atoms with Gasteiger partial charge in [-0.3, -0.25) is 14.4 Å².